The average Bonchev–Trinajstić information content (AvgIpc) is 2.79. The maximum atomic E-state index is 13.0. The summed E-state index contributed by atoms with van der Waals surface area (Å²) in [5.41, 5.74) is 2.72. The molecular weight excluding hydrogens is 456 g/mol. The summed E-state index contributed by atoms with van der Waals surface area (Å²) in [6.07, 6.45) is 0.353. The molecule has 4 aromatic rings. The average molecular weight is 477 g/mol. The molecule has 0 saturated carbocycles. The summed E-state index contributed by atoms with van der Waals surface area (Å²) in [5, 5.41) is 0.565. The first-order chi connectivity index (χ1) is 15.1. The Balaban J connectivity index is 1.66. The maximum Gasteiger partial charge on any atom is 0.338 e. The van der Waals surface area contributed by atoms with Gasteiger partial charge in [-0.2, -0.15) is 0 Å². The van der Waals surface area contributed by atoms with Crippen LogP contribution in [0.2, 0.25) is 0 Å². The van der Waals surface area contributed by atoms with Crippen molar-refractivity contribution in [3.8, 4) is 0 Å². The predicted molar refractivity (Wildman–Crippen MR) is 124 cm³/mol. The zero-order chi connectivity index (χ0) is 21.8. The van der Waals surface area contributed by atoms with Gasteiger partial charge in [0, 0.05) is 17.4 Å². The van der Waals surface area contributed by atoms with E-state index >= 15 is 0 Å². The van der Waals surface area contributed by atoms with Gasteiger partial charge in [0.2, 0.25) is 0 Å². The van der Waals surface area contributed by atoms with Crippen molar-refractivity contribution in [3.05, 3.63) is 110 Å². The van der Waals surface area contributed by atoms with Crippen LogP contribution in [0.15, 0.2) is 82.1 Å². The molecule has 0 amide bonds. The van der Waals surface area contributed by atoms with Gasteiger partial charge in [-0.3, -0.25) is 9.36 Å². The summed E-state index contributed by atoms with van der Waals surface area (Å²) in [5.74, 6) is 0.222. The van der Waals surface area contributed by atoms with Gasteiger partial charge < -0.3 is 4.74 Å². The van der Waals surface area contributed by atoms with Crippen molar-refractivity contribution in [1.82, 2.24) is 9.55 Å². The van der Waals surface area contributed by atoms with Crippen LogP contribution >= 0.6 is 15.9 Å². The Morgan fingerprint density at radius 1 is 1.03 bits per heavy atom. The quantitative estimate of drug-likeness (QED) is 0.362. The second-order valence-corrected chi connectivity index (χ2v) is 8.05. The van der Waals surface area contributed by atoms with Gasteiger partial charge in [-0.05, 0) is 42.3 Å². The Hall–Kier alpha value is -3.25. The molecule has 0 spiro atoms. The zero-order valence-corrected chi connectivity index (χ0v) is 18.6. The molecule has 0 bridgehead atoms. The van der Waals surface area contributed by atoms with E-state index in [1.165, 1.54) is 0 Å². The van der Waals surface area contributed by atoms with Crippen LogP contribution in [0.5, 0.6) is 0 Å². The lowest BCUT2D eigenvalue weighted by molar-refractivity contribution is 0.0471. The predicted octanol–water partition coefficient (Wildman–Crippen LogP) is 5.13. The molecule has 6 heteroatoms. The van der Waals surface area contributed by atoms with Gasteiger partial charge in [0.15, 0.2) is 0 Å². The van der Waals surface area contributed by atoms with E-state index in [1.807, 2.05) is 61.5 Å². The summed E-state index contributed by atoms with van der Waals surface area (Å²) >= 11 is 3.42. The smallest absolute Gasteiger partial charge is 0.338 e. The Morgan fingerprint density at radius 3 is 2.55 bits per heavy atom. The van der Waals surface area contributed by atoms with Crippen molar-refractivity contribution < 1.29 is 9.53 Å². The van der Waals surface area contributed by atoms with Crippen LogP contribution in [0.3, 0.4) is 0 Å². The molecule has 3 aromatic carbocycles. The minimum absolute atomic E-state index is 0.0899. The molecule has 0 N–H and O–H groups in total. The van der Waals surface area contributed by atoms with Gasteiger partial charge in [-0.25, -0.2) is 9.78 Å². The number of esters is 1. The molecule has 0 radical (unpaired) electrons. The topological polar surface area (TPSA) is 61.2 Å². The van der Waals surface area contributed by atoms with Crippen molar-refractivity contribution in [2.24, 2.45) is 0 Å². The summed E-state index contributed by atoms with van der Waals surface area (Å²) in [6.45, 7) is 2.61. The van der Waals surface area contributed by atoms with Crippen molar-refractivity contribution in [3.63, 3.8) is 0 Å². The third-order valence-corrected chi connectivity index (χ3v) is 5.60. The van der Waals surface area contributed by atoms with E-state index in [0.29, 0.717) is 35.3 Å². The minimum atomic E-state index is -0.394. The van der Waals surface area contributed by atoms with E-state index in [1.54, 1.807) is 22.8 Å². The normalized spacial score (nSPS) is 10.9. The van der Waals surface area contributed by atoms with Crippen LogP contribution in [-0.2, 0) is 24.3 Å². The Morgan fingerprint density at radius 2 is 1.77 bits per heavy atom. The Kier molecular flexibility index (Phi) is 6.28. The van der Waals surface area contributed by atoms with E-state index < -0.39 is 5.97 Å². The van der Waals surface area contributed by atoms with Crippen molar-refractivity contribution >= 4 is 32.8 Å². The zero-order valence-electron chi connectivity index (χ0n) is 17.0. The summed E-state index contributed by atoms with van der Waals surface area (Å²) in [6, 6.07) is 22.3. The number of rotatable bonds is 6. The standard InChI is InChI=1S/C25H21BrN2O3/c1-2-28-23(27-22-13-12-19(26)15-21(22)24(28)29)14-18-10-6-7-11-20(18)25(30)31-16-17-8-4-3-5-9-17/h3-13,15H,2,14,16H2,1H3. The van der Waals surface area contributed by atoms with Crippen molar-refractivity contribution in [2.75, 3.05) is 0 Å². The summed E-state index contributed by atoms with van der Waals surface area (Å²) < 4.78 is 8.01. The summed E-state index contributed by atoms with van der Waals surface area (Å²) in [7, 11) is 0. The van der Waals surface area contributed by atoms with Gasteiger partial charge in [0.05, 0.1) is 16.5 Å². The minimum Gasteiger partial charge on any atom is -0.457 e. The number of aromatic nitrogens is 2. The molecule has 5 nitrogen and oxygen atoms in total. The van der Waals surface area contributed by atoms with Crippen molar-refractivity contribution in [1.29, 1.82) is 0 Å². The van der Waals surface area contributed by atoms with Gasteiger partial charge >= 0.3 is 5.97 Å². The maximum absolute atomic E-state index is 13.0. The van der Waals surface area contributed by atoms with E-state index in [0.717, 1.165) is 15.6 Å². The molecule has 1 aromatic heterocycles. The van der Waals surface area contributed by atoms with E-state index in [2.05, 4.69) is 15.9 Å². The van der Waals surface area contributed by atoms with Gasteiger partial charge in [0.1, 0.15) is 12.4 Å². The fourth-order valence-corrected chi connectivity index (χ4v) is 3.91. The third kappa shape index (κ3) is 4.59. The highest BCUT2D eigenvalue weighted by Gasteiger charge is 2.16. The molecule has 0 unspecified atom stereocenters. The van der Waals surface area contributed by atoms with Gasteiger partial charge in [0.25, 0.3) is 5.56 Å². The number of carbonyl (C=O) groups is 1. The van der Waals surface area contributed by atoms with Gasteiger partial charge in [-0.15, -0.1) is 0 Å². The number of nitrogens with zero attached hydrogens (tertiary/aromatic N) is 2. The second kappa shape index (κ2) is 9.27. The molecule has 4 rings (SSSR count). The Labute approximate surface area is 188 Å². The van der Waals surface area contributed by atoms with E-state index in [-0.39, 0.29) is 12.2 Å². The lowest BCUT2D eigenvalue weighted by Crippen LogP contribution is -2.25. The molecule has 31 heavy (non-hydrogen) atoms. The first-order valence-corrected chi connectivity index (χ1v) is 10.8. The third-order valence-electron chi connectivity index (χ3n) is 5.11. The van der Waals surface area contributed by atoms with Gasteiger partial charge in [-0.1, -0.05) is 64.5 Å². The van der Waals surface area contributed by atoms with E-state index in [9.17, 15) is 9.59 Å². The monoisotopic (exact) mass is 476 g/mol. The first-order valence-electron chi connectivity index (χ1n) is 10.0. The number of benzene rings is 3. The molecule has 0 fully saturated rings. The van der Waals surface area contributed by atoms with Crippen LogP contribution in [0.1, 0.15) is 34.2 Å². The molecule has 1 heterocycles. The largest absolute Gasteiger partial charge is 0.457 e. The van der Waals surface area contributed by atoms with Crippen LogP contribution in [0.25, 0.3) is 10.9 Å². The summed E-state index contributed by atoms with van der Waals surface area (Å²) in [4.78, 5) is 30.5. The lowest BCUT2D eigenvalue weighted by Gasteiger charge is -2.14. The Bertz CT molecular complexity index is 1300. The SMILES string of the molecule is CCn1c(Cc2ccccc2C(=O)OCc2ccccc2)nc2ccc(Br)cc2c1=O. The number of hydrogen-bond acceptors (Lipinski definition) is 4. The molecule has 0 aliphatic carbocycles. The number of fused-ring (bicyclic) bond motifs is 1. The molecule has 0 saturated heterocycles. The number of carbonyl (C=O) groups excluding carboxylic acids is 1. The highest BCUT2D eigenvalue weighted by molar-refractivity contribution is 9.10. The fourth-order valence-electron chi connectivity index (χ4n) is 3.54. The molecular formula is C25H21BrN2O3. The van der Waals surface area contributed by atoms with Crippen molar-refractivity contribution in [2.45, 2.75) is 26.5 Å². The van der Waals surface area contributed by atoms with Crippen LogP contribution in [-0.4, -0.2) is 15.5 Å². The van der Waals surface area contributed by atoms with Crippen LogP contribution < -0.4 is 5.56 Å². The molecule has 0 atom stereocenters. The number of ether oxygens (including phenoxy) is 1. The van der Waals surface area contributed by atoms with Crippen LogP contribution in [0, 0.1) is 0 Å². The first kappa shape index (κ1) is 21.0. The highest BCUT2D eigenvalue weighted by Crippen LogP contribution is 2.19. The van der Waals surface area contributed by atoms with Crippen LogP contribution in [0.4, 0.5) is 0 Å². The second-order valence-electron chi connectivity index (χ2n) is 7.13. The lowest BCUT2D eigenvalue weighted by atomic mass is 10.0. The fraction of sp³-hybridized carbons (Fsp3) is 0.160. The number of hydrogen-bond donors (Lipinski definition) is 0. The molecule has 0 aliphatic heterocycles. The number of halogens is 1. The molecule has 0 aliphatic rings. The van der Waals surface area contributed by atoms with E-state index in [4.69, 9.17) is 9.72 Å². The molecule has 156 valence electrons. The highest BCUT2D eigenvalue weighted by atomic mass is 79.9.